The van der Waals surface area contributed by atoms with Crippen LogP contribution >= 0.6 is 0 Å². The van der Waals surface area contributed by atoms with Gasteiger partial charge in [-0.15, -0.1) is 0 Å². The lowest BCUT2D eigenvalue weighted by Crippen LogP contribution is -2.46. The number of nitrogens with zero attached hydrogens (tertiary/aromatic N) is 2. The van der Waals surface area contributed by atoms with Gasteiger partial charge in [-0.1, -0.05) is 17.7 Å². The van der Waals surface area contributed by atoms with E-state index in [1.807, 2.05) is 6.92 Å². The van der Waals surface area contributed by atoms with Crippen molar-refractivity contribution in [2.45, 2.75) is 6.92 Å². The van der Waals surface area contributed by atoms with E-state index in [1.54, 1.807) is 24.3 Å². The molecule has 1 N–H and O–H groups in total. The van der Waals surface area contributed by atoms with Crippen LogP contribution in [0.15, 0.2) is 24.3 Å². The number of rotatable bonds is 2. The quantitative estimate of drug-likeness (QED) is 0.804. The third-order valence-corrected chi connectivity index (χ3v) is 2.43. The zero-order valence-corrected chi connectivity index (χ0v) is 10.5. The number of hydrogen-bond acceptors (Lipinski definition) is 3. The van der Waals surface area contributed by atoms with Crippen LogP contribution in [0.4, 0.5) is 15.3 Å². The summed E-state index contributed by atoms with van der Waals surface area (Å²) >= 11 is 0. The molecule has 0 fully saturated rings. The number of benzene rings is 1. The molecule has 0 saturated carbocycles. The number of anilines is 1. The Morgan fingerprint density at radius 2 is 1.78 bits per heavy atom. The van der Waals surface area contributed by atoms with Gasteiger partial charge in [0.25, 0.3) is 0 Å². The van der Waals surface area contributed by atoms with Crippen LogP contribution in [0.3, 0.4) is 0 Å². The fourth-order valence-electron chi connectivity index (χ4n) is 1.34. The summed E-state index contributed by atoms with van der Waals surface area (Å²) in [7, 11) is 2.70. The standard InChI is InChI=1S/C12H15N3O3/c1-9-4-6-10(7-5-9)15(8-16)12(18)14(3)11(17)13-2/h4-8H,1-3H3,(H,13,17). The Kier molecular flexibility index (Phi) is 4.42. The number of amides is 5. The first kappa shape index (κ1) is 13.7. The molecule has 6 nitrogen and oxygen atoms in total. The molecule has 1 aromatic carbocycles. The Morgan fingerprint density at radius 3 is 2.22 bits per heavy atom. The molecule has 0 atom stereocenters. The summed E-state index contributed by atoms with van der Waals surface area (Å²) in [6.45, 7) is 1.90. The Balaban J connectivity index is 2.96. The number of imide groups is 2. The molecule has 0 spiro atoms. The van der Waals surface area contributed by atoms with Crippen molar-refractivity contribution in [1.29, 1.82) is 0 Å². The fraction of sp³-hybridized carbons (Fsp3) is 0.250. The van der Waals surface area contributed by atoms with Crippen molar-refractivity contribution in [3.05, 3.63) is 29.8 Å². The number of carbonyl (C=O) groups is 3. The normalized spacial score (nSPS) is 9.50. The van der Waals surface area contributed by atoms with Gasteiger partial charge in [-0.25, -0.2) is 19.4 Å². The Bertz CT molecular complexity index is 456. The largest absolute Gasteiger partial charge is 0.341 e. The van der Waals surface area contributed by atoms with E-state index in [1.165, 1.54) is 14.1 Å². The van der Waals surface area contributed by atoms with E-state index in [2.05, 4.69) is 5.32 Å². The number of carbonyl (C=O) groups excluding carboxylic acids is 3. The summed E-state index contributed by atoms with van der Waals surface area (Å²) in [5.41, 5.74) is 1.42. The van der Waals surface area contributed by atoms with Crippen molar-refractivity contribution >= 4 is 24.2 Å². The van der Waals surface area contributed by atoms with Gasteiger partial charge in [-0.3, -0.25) is 4.79 Å². The summed E-state index contributed by atoms with van der Waals surface area (Å²) in [5.74, 6) is 0. The first-order valence-corrected chi connectivity index (χ1v) is 5.32. The second-order valence-electron chi connectivity index (χ2n) is 3.71. The third kappa shape index (κ3) is 2.85. The monoisotopic (exact) mass is 249 g/mol. The summed E-state index contributed by atoms with van der Waals surface area (Å²) in [6, 6.07) is 5.53. The van der Waals surface area contributed by atoms with Crippen molar-refractivity contribution in [2.24, 2.45) is 0 Å². The van der Waals surface area contributed by atoms with Crippen LogP contribution in [0.1, 0.15) is 5.56 Å². The number of aryl methyl sites for hydroxylation is 1. The van der Waals surface area contributed by atoms with Crippen LogP contribution in [0.2, 0.25) is 0 Å². The Hall–Kier alpha value is -2.37. The molecule has 18 heavy (non-hydrogen) atoms. The summed E-state index contributed by atoms with van der Waals surface area (Å²) in [4.78, 5) is 35.9. The van der Waals surface area contributed by atoms with Gasteiger partial charge in [0.1, 0.15) is 0 Å². The van der Waals surface area contributed by atoms with Crippen LogP contribution < -0.4 is 10.2 Å². The maximum absolute atomic E-state index is 11.9. The van der Waals surface area contributed by atoms with Crippen molar-refractivity contribution in [3.8, 4) is 0 Å². The maximum Gasteiger partial charge on any atom is 0.339 e. The van der Waals surface area contributed by atoms with Gasteiger partial charge in [0.2, 0.25) is 6.41 Å². The van der Waals surface area contributed by atoms with Gasteiger partial charge < -0.3 is 5.32 Å². The smallest absolute Gasteiger partial charge is 0.339 e. The van der Waals surface area contributed by atoms with Crippen LogP contribution in [0.25, 0.3) is 0 Å². The van der Waals surface area contributed by atoms with Gasteiger partial charge in [0, 0.05) is 14.1 Å². The van der Waals surface area contributed by atoms with Crippen LogP contribution in [-0.4, -0.2) is 37.5 Å². The van der Waals surface area contributed by atoms with Gasteiger partial charge in [-0.2, -0.15) is 0 Å². The van der Waals surface area contributed by atoms with Crippen molar-refractivity contribution in [2.75, 3.05) is 19.0 Å². The fourth-order valence-corrected chi connectivity index (χ4v) is 1.34. The van der Waals surface area contributed by atoms with Crippen LogP contribution in [0, 0.1) is 6.92 Å². The zero-order chi connectivity index (χ0) is 13.7. The highest BCUT2D eigenvalue weighted by Gasteiger charge is 2.23. The van der Waals surface area contributed by atoms with E-state index in [0.29, 0.717) is 12.1 Å². The van der Waals surface area contributed by atoms with E-state index in [0.717, 1.165) is 15.4 Å². The second-order valence-corrected chi connectivity index (χ2v) is 3.71. The molecule has 1 aromatic rings. The molecular weight excluding hydrogens is 234 g/mol. The van der Waals surface area contributed by atoms with Crippen LogP contribution in [-0.2, 0) is 4.79 Å². The average molecular weight is 249 g/mol. The minimum absolute atomic E-state index is 0.381. The highest BCUT2D eigenvalue weighted by molar-refractivity contribution is 6.10. The predicted molar refractivity (Wildman–Crippen MR) is 67.3 cm³/mol. The maximum atomic E-state index is 11.9. The highest BCUT2D eigenvalue weighted by atomic mass is 16.2. The summed E-state index contributed by atoms with van der Waals surface area (Å²) in [6.07, 6.45) is 0.381. The van der Waals surface area contributed by atoms with E-state index < -0.39 is 12.1 Å². The SMILES string of the molecule is CNC(=O)N(C)C(=O)N(C=O)c1ccc(C)cc1. The molecule has 0 aromatic heterocycles. The molecule has 0 radical (unpaired) electrons. The molecule has 0 heterocycles. The topological polar surface area (TPSA) is 69.7 Å². The molecule has 0 aliphatic rings. The predicted octanol–water partition coefficient (Wildman–Crippen LogP) is 1.35. The number of urea groups is 2. The van der Waals surface area contributed by atoms with Gasteiger partial charge in [0.05, 0.1) is 5.69 Å². The number of nitrogens with one attached hydrogen (secondary N) is 1. The first-order valence-electron chi connectivity index (χ1n) is 5.32. The van der Waals surface area contributed by atoms with Gasteiger partial charge >= 0.3 is 12.1 Å². The molecule has 0 aliphatic carbocycles. The van der Waals surface area contributed by atoms with Crippen molar-refractivity contribution in [1.82, 2.24) is 10.2 Å². The first-order chi connectivity index (χ1) is 8.51. The lowest BCUT2D eigenvalue weighted by molar-refractivity contribution is -0.106. The van der Waals surface area contributed by atoms with Gasteiger partial charge in [0.15, 0.2) is 0 Å². The molecule has 1 rings (SSSR count). The van der Waals surface area contributed by atoms with E-state index >= 15 is 0 Å². The average Bonchev–Trinajstić information content (AvgIpc) is 2.39. The second kappa shape index (κ2) is 5.81. The molecule has 96 valence electrons. The molecule has 5 amide bonds. The van der Waals surface area contributed by atoms with E-state index in [-0.39, 0.29) is 0 Å². The van der Waals surface area contributed by atoms with Crippen LogP contribution in [0.5, 0.6) is 0 Å². The lowest BCUT2D eigenvalue weighted by Gasteiger charge is -2.22. The minimum atomic E-state index is -0.715. The molecule has 0 saturated heterocycles. The Morgan fingerprint density at radius 1 is 1.22 bits per heavy atom. The lowest BCUT2D eigenvalue weighted by atomic mass is 10.2. The van der Waals surface area contributed by atoms with Gasteiger partial charge in [-0.05, 0) is 19.1 Å². The minimum Gasteiger partial charge on any atom is -0.341 e. The molecule has 0 bridgehead atoms. The molecule has 0 unspecified atom stereocenters. The molecule has 6 heteroatoms. The van der Waals surface area contributed by atoms with Crippen molar-refractivity contribution in [3.63, 3.8) is 0 Å². The molecule has 0 aliphatic heterocycles. The summed E-state index contributed by atoms with van der Waals surface area (Å²) in [5, 5.41) is 2.31. The summed E-state index contributed by atoms with van der Waals surface area (Å²) < 4.78 is 0. The van der Waals surface area contributed by atoms with Crippen molar-refractivity contribution < 1.29 is 14.4 Å². The third-order valence-electron chi connectivity index (χ3n) is 2.43. The number of hydrogen-bond donors (Lipinski definition) is 1. The van der Waals surface area contributed by atoms with E-state index in [9.17, 15) is 14.4 Å². The van der Waals surface area contributed by atoms with E-state index in [4.69, 9.17) is 0 Å². The zero-order valence-electron chi connectivity index (χ0n) is 10.5. The molecular formula is C12H15N3O3. The highest BCUT2D eigenvalue weighted by Crippen LogP contribution is 2.15. The Labute approximate surface area is 105 Å².